The Balaban J connectivity index is 1.58. The number of hydrogen-bond donors (Lipinski definition) is 3. The van der Waals surface area contributed by atoms with Gasteiger partial charge in [-0.25, -0.2) is 9.97 Å². The number of Topliss-reactive ketones (excluding diaryl/α,β-unsaturated/α-hetero) is 1. The van der Waals surface area contributed by atoms with Crippen molar-refractivity contribution >= 4 is 23.2 Å². The minimum Gasteiger partial charge on any atom is -0.381 e. The summed E-state index contributed by atoms with van der Waals surface area (Å²) in [5.41, 5.74) is 7.60. The fourth-order valence-corrected chi connectivity index (χ4v) is 5.25. The van der Waals surface area contributed by atoms with Crippen LogP contribution in [0.15, 0.2) is 30.6 Å². The third kappa shape index (κ3) is 4.04. The minimum absolute atomic E-state index is 0.0158. The van der Waals surface area contributed by atoms with Crippen LogP contribution in [0.2, 0.25) is 0 Å². The molecule has 0 spiro atoms. The van der Waals surface area contributed by atoms with Gasteiger partial charge >= 0.3 is 6.18 Å². The number of alkyl halides is 3. The smallest absolute Gasteiger partial charge is 0.381 e. The van der Waals surface area contributed by atoms with E-state index < -0.39 is 23.2 Å². The first-order valence-corrected chi connectivity index (χ1v) is 11.8. The molecule has 1 aliphatic heterocycles. The van der Waals surface area contributed by atoms with Gasteiger partial charge in [-0.05, 0) is 43.7 Å². The summed E-state index contributed by atoms with van der Waals surface area (Å²) in [6, 6.07) is 3.36. The van der Waals surface area contributed by atoms with Crippen molar-refractivity contribution in [1.82, 2.24) is 14.4 Å². The highest BCUT2D eigenvalue weighted by Crippen LogP contribution is 2.52. The summed E-state index contributed by atoms with van der Waals surface area (Å²) in [5, 5.41) is 10.3. The number of hydrogen-bond acceptors (Lipinski definition) is 7. The molecular weight excluding hydrogens is 491 g/mol. The topological polar surface area (TPSA) is 146 Å². The van der Waals surface area contributed by atoms with Gasteiger partial charge in [-0.1, -0.05) is 12.1 Å². The van der Waals surface area contributed by atoms with Crippen molar-refractivity contribution in [3.8, 4) is 11.3 Å². The number of nitrogens with two attached hydrogens (primary N) is 2. The third-order valence-corrected chi connectivity index (χ3v) is 7.59. The van der Waals surface area contributed by atoms with E-state index in [0.29, 0.717) is 30.4 Å². The maximum Gasteiger partial charge on any atom is 0.430 e. The summed E-state index contributed by atoms with van der Waals surface area (Å²) in [6.07, 6.45) is 0.658. The zero-order chi connectivity index (χ0) is 26.8. The number of imidazole rings is 1. The highest BCUT2D eigenvalue weighted by Gasteiger charge is 2.60. The minimum atomic E-state index is -5.35. The van der Waals surface area contributed by atoms with Crippen LogP contribution >= 0.6 is 0 Å². The number of carbonyl (C=O) groups is 2. The lowest BCUT2D eigenvalue weighted by atomic mass is 9.77. The Kier molecular flexibility index (Phi) is 5.79. The average Bonchev–Trinajstić information content (AvgIpc) is 3.44. The number of ether oxygens (including phenoxy) is 1. The molecule has 1 amide bonds. The van der Waals surface area contributed by atoms with E-state index in [1.165, 1.54) is 22.9 Å². The molecule has 1 saturated carbocycles. The van der Waals surface area contributed by atoms with Crippen LogP contribution in [0.25, 0.3) is 16.9 Å². The van der Waals surface area contributed by atoms with E-state index >= 15 is 0 Å². The monoisotopic (exact) mass is 517 g/mol. The molecule has 3 heterocycles. The molecule has 1 aliphatic carbocycles. The number of fused-ring (bicyclic) bond motifs is 1. The molecule has 5 rings (SSSR count). The molecule has 2 aliphatic rings. The molecule has 0 bridgehead atoms. The molecule has 2 aromatic heterocycles. The summed E-state index contributed by atoms with van der Waals surface area (Å²) in [5.74, 6) is -1.74. The van der Waals surface area contributed by atoms with Crippen molar-refractivity contribution in [1.29, 1.82) is 0 Å². The molecule has 2 fully saturated rings. The average molecular weight is 518 g/mol. The molecule has 196 valence electrons. The highest BCUT2D eigenvalue weighted by molar-refractivity contribution is 5.95. The van der Waals surface area contributed by atoms with E-state index in [1.807, 2.05) is 0 Å². The Bertz CT molecular complexity index is 1410. The van der Waals surface area contributed by atoms with Gasteiger partial charge in [0, 0.05) is 35.8 Å². The molecule has 2 atom stereocenters. The molecule has 1 saturated heterocycles. The number of aromatic nitrogens is 3. The summed E-state index contributed by atoms with van der Waals surface area (Å²) in [7, 11) is 0. The number of rotatable bonds is 7. The van der Waals surface area contributed by atoms with Gasteiger partial charge < -0.3 is 21.3 Å². The number of anilines is 1. The van der Waals surface area contributed by atoms with Gasteiger partial charge in [-0.2, -0.15) is 13.2 Å². The van der Waals surface area contributed by atoms with E-state index in [2.05, 4.69) is 9.97 Å². The van der Waals surface area contributed by atoms with Crippen LogP contribution < -0.4 is 11.5 Å². The Hall–Kier alpha value is -3.51. The van der Waals surface area contributed by atoms with Crippen LogP contribution in [0.3, 0.4) is 0 Å². The standard InChI is InChI=1S/C25H26F3N5O4/c1-13-2-3-15(24(36,22(30)35)25(26,27)28)8-16(13)18-10-31-21-20(29)32-17(11-33(18)21)19(34)9-23(14-4-5-14)6-7-37-12-23/h2-3,8,10-11,14,36H,4-7,9,12H2,1H3,(H2,29,32)(H2,30,35). The van der Waals surface area contributed by atoms with Crippen molar-refractivity contribution in [2.45, 2.75) is 44.4 Å². The van der Waals surface area contributed by atoms with Crippen molar-refractivity contribution < 1.29 is 32.6 Å². The van der Waals surface area contributed by atoms with Crippen molar-refractivity contribution in [3.63, 3.8) is 0 Å². The van der Waals surface area contributed by atoms with Crippen LogP contribution in [-0.2, 0) is 15.1 Å². The maximum absolute atomic E-state index is 13.7. The SMILES string of the molecule is Cc1ccc(C(O)(C(N)=O)C(F)(F)F)cc1-c1cnc2c(N)nc(C(=O)CC3(C4CC4)CCOC3)cn12. The number of amides is 1. The van der Waals surface area contributed by atoms with Crippen LogP contribution in [0.1, 0.15) is 47.3 Å². The first kappa shape index (κ1) is 25.2. The first-order chi connectivity index (χ1) is 17.4. The van der Waals surface area contributed by atoms with Crippen LogP contribution in [0.5, 0.6) is 0 Å². The molecule has 12 heteroatoms. The molecule has 3 aromatic rings. The van der Waals surface area contributed by atoms with Gasteiger partial charge in [0.25, 0.3) is 11.5 Å². The zero-order valence-electron chi connectivity index (χ0n) is 20.0. The van der Waals surface area contributed by atoms with E-state index in [4.69, 9.17) is 16.2 Å². The highest BCUT2D eigenvalue weighted by atomic mass is 19.4. The van der Waals surface area contributed by atoms with Crippen molar-refractivity contribution in [3.05, 3.63) is 47.4 Å². The van der Waals surface area contributed by atoms with Crippen molar-refractivity contribution in [2.75, 3.05) is 18.9 Å². The Labute approximate surface area is 209 Å². The quantitative estimate of drug-likeness (QED) is 0.409. The molecule has 37 heavy (non-hydrogen) atoms. The number of aliphatic hydroxyl groups is 1. The lowest BCUT2D eigenvalue weighted by Gasteiger charge is -2.28. The predicted molar refractivity (Wildman–Crippen MR) is 126 cm³/mol. The summed E-state index contributed by atoms with van der Waals surface area (Å²) in [6.45, 7) is 2.77. The van der Waals surface area contributed by atoms with Gasteiger partial charge in [0.2, 0.25) is 0 Å². The number of aryl methyl sites for hydroxylation is 1. The number of nitrogens with zero attached hydrogens (tertiary/aromatic N) is 3. The molecule has 2 unspecified atom stereocenters. The second-order valence-electron chi connectivity index (χ2n) is 9.99. The fraction of sp³-hybridized carbons (Fsp3) is 0.440. The predicted octanol–water partition coefficient (Wildman–Crippen LogP) is 2.91. The second-order valence-corrected chi connectivity index (χ2v) is 9.99. The van der Waals surface area contributed by atoms with Gasteiger partial charge in [0.1, 0.15) is 5.69 Å². The Morgan fingerprint density at radius 3 is 2.62 bits per heavy atom. The van der Waals surface area contributed by atoms with E-state index in [0.717, 1.165) is 31.4 Å². The van der Waals surface area contributed by atoms with Crippen LogP contribution in [-0.4, -0.2) is 50.6 Å². The van der Waals surface area contributed by atoms with Gasteiger partial charge in [-0.15, -0.1) is 0 Å². The second kappa shape index (κ2) is 8.52. The number of benzene rings is 1. The number of carbonyl (C=O) groups excluding carboxylic acids is 2. The summed E-state index contributed by atoms with van der Waals surface area (Å²) < 4.78 is 48.1. The van der Waals surface area contributed by atoms with Crippen LogP contribution in [0, 0.1) is 18.3 Å². The fourth-order valence-electron chi connectivity index (χ4n) is 5.25. The summed E-state index contributed by atoms with van der Waals surface area (Å²) >= 11 is 0. The number of halogens is 3. The molecule has 5 N–H and O–H groups in total. The Morgan fingerprint density at radius 2 is 2.03 bits per heavy atom. The van der Waals surface area contributed by atoms with Crippen LogP contribution in [0.4, 0.5) is 19.0 Å². The maximum atomic E-state index is 13.7. The number of ketones is 1. The Morgan fingerprint density at radius 1 is 1.30 bits per heavy atom. The first-order valence-electron chi connectivity index (χ1n) is 11.8. The molecule has 1 aromatic carbocycles. The number of primary amides is 1. The van der Waals surface area contributed by atoms with E-state index in [-0.39, 0.29) is 40.3 Å². The molecule has 0 radical (unpaired) electrons. The van der Waals surface area contributed by atoms with Crippen molar-refractivity contribution in [2.24, 2.45) is 17.1 Å². The largest absolute Gasteiger partial charge is 0.430 e. The lowest BCUT2D eigenvalue weighted by molar-refractivity contribution is -0.255. The third-order valence-electron chi connectivity index (χ3n) is 7.59. The van der Waals surface area contributed by atoms with E-state index in [1.54, 1.807) is 6.92 Å². The normalized spacial score (nSPS) is 21.8. The van der Waals surface area contributed by atoms with Gasteiger partial charge in [0.05, 0.1) is 18.5 Å². The van der Waals surface area contributed by atoms with Gasteiger partial charge in [0.15, 0.2) is 17.2 Å². The van der Waals surface area contributed by atoms with E-state index in [9.17, 15) is 27.9 Å². The molecule has 9 nitrogen and oxygen atoms in total. The van der Waals surface area contributed by atoms with Gasteiger partial charge in [-0.3, -0.25) is 14.0 Å². The lowest BCUT2D eigenvalue weighted by Crippen LogP contribution is -2.52. The zero-order valence-corrected chi connectivity index (χ0v) is 20.0. The molecular formula is C25H26F3N5O4. The number of nitrogen functional groups attached to an aromatic ring is 1. The summed E-state index contributed by atoms with van der Waals surface area (Å²) in [4.78, 5) is 33.5.